The van der Waals surface area contributed by atoms with E-state index in [-0.39, 0.29) is 18.2 Å². The smallest absolute Gasteiger partial charge is 0.322 e. The Kier molecular flexibility index (Phi) is 4.24. The van der Waals surface area contributed by atoms with Gasteiger partial charge in [0.15, 0.2) is 0 Å². The number of hydrogen-bond acceptors (Lipinski definition) is 5. The molecule has 2 aromatic rings. The van der Waals surface area contributed by atoms with Gasteiger partial charge in [-0.05, 0) is 48.9 Å². The van der Waals surface area contributed by atoms with Crippen LogP contribution >= 0.6 is 0 Å². The van der Waals surface area contributed by atoms with Crippen molar-refractivity contribution >= 4 is 11.7 Å². The third-order valence-electron chi connectivity index (χ3n) is 3.78. The summed E-state index contributed by atoms with van der Waals surface area (Å²) in [6.07, 6.45) is 1.60. The average molecular weight is 316 g/mol. The molecule has 2 amide bonds. The van der Waals surface area contributed by atoms with Crippen LogP contribution in [0.25, 0.3) is 5.69 Å². The molecular formula is C15H20N6O2. The van der Waals surface area contributed by atoms with Gasteiger partial charge in [-0.2, -0.15) is 0 Å². The Balaban J connectivity index is 1.76. The Morgan fingerprint density at radius 3 is 2.70 bits per heavy atom. The molecule has 2 heterocycles. The van der Waals surface area contributed by atoms with Crippen LogP contribution in [0.15, 0.2) is 24.5 Å². The summed E-state index contributed by atoms with van der Waals surface area (Å²) in [5, 5.41) is 14.1. The Labute approximate surface area is 134 Å². The summed E-state index contributed by atoms with van der Waals surface area (Å²) in [7, 11) is 0. The quantitative estimate of drug-likeness (QED) is 0.910. The first-order chi connectivity index (χ1) is 11.0. The number of nitrogens with one attached hydrogen (secondary N) is 1. The number of amides is 2. The van der Waals surface area contributed by atoms with Crippen molar-refractivity contribution in [2.24, 2.45) is 0 Å². The molecule has 8 heteroatoms. The zero-order valence-electron chi connectivity index (χ0n) is 13.4. The van der Waals surface area contributed by atoms with Crippen molar-refractivity contribution in [2.45, 2.75) is 33.0 Å². The van der Waals surface area contributed by atoms with Crippen LogP contribution in [0.3, 0.4) is 0 Å². The van der Waals surface area contributed by atoms with E-state index < -0.39 is 0 Å². The van der Waals surface area contributed by atoms with E-state index in [4.69, 9.17) is 4.74 Å². The number of morpholine rings is 1. The molecule has 1 saturated heterocycles. The zero-order valence-corrected chi connectivity index (χ0v) is 13.4. The molecule has 23 heavy (non-hydrogen) atoms. The third-order valence-corrected chi connectivity index (χ3v) is 3.78. The summed E-state index contributed by atoms with van der Waals surface area (Å²) in [5.74, 6) is 0. The number of nitrogens with zero attached hydrogens (tertiary/aromatic N) is 5. The molecule has 1 aromatic heterocycles. The average Bonchev–Trinajstić information content (AvgIpc) is 3.02. The SMILES string of the molecule is Cc1ccc(-n2cnnn2)cc1NC(=O)N1C[C@@H](C)O[C@H](C)C1. The predicted octanol–water partition coefficient (Wildman–Crippen LogP) is 1.61. The van der Waals surface area contributed by atoms with Gasteiger partial charge in [0.2, 0.25) is 0 Å². The second kappa shape index (κ2) is 6.33. The number of carbonyl (C=O) groups excluding carboxylic acids is 1. The summed E-state index contributed by atoms with van der Waals surface area (Å²) in [5.41, 5.74) is 2.51. The highest BCUT2D eigenvalue weighted by molar-refractivity contribution is 5.90. The molecule has 122 valence electrons. The van der Waals surface area contributed by atoms with E-state index in [1.807, 2.05) is 39.0 Å². The van der Waals surface area contributed by atoms with Crippen molar-refractivity contribution in [3.8, 4) is 5.69 Å². The van der Waals surface area contributed by atoms with Crippen LogP contribution < -0.4 is 5.32 Å². The second-order valence-electron chi connectivity index (χ2n) is 5.85. The Morgan fingerprint density at radius 1 is 1.30 bits per heavy atom. The molecule has 1 aliphatic rings. The van der Waals surface area contributed by atoms with Crippen LogP contribution in [0.5, 0.6) is 0 Å². The maximum Gasteiger partial charge on any atom is 0.322 e. The lowest BCUT2D eigenvalue weighted by molar-refractivity contribution is -0.0530. The fourth-order valence-electron chi connectivity index (χ4n) is 2.70. The lowest BCUT2D eigenvalue weighted by Gasteiger charge is -2.35. The first kappa shape index (κ1) is 15.4. The van der Waals surface area contributed by atoms with E-state index in [0.29, 0.717) is 13.1 Å². The summed E-state index contributed by atoms with van der Waals surface area (Å²) >= 11 is 0. The largest absolute Gasteiger partial charge is 0.372 e. The van der Waals surface area contributed by atoms with Gasteiger partial charge >= 0.3 is 6.03 Å². The van der Waals surface area contributed by atoms with Crippen molar-refractivity contribution in [3.05, 3.63) is 30.1 Å². The number of tetrazole rings is 1. The Morgan fingerprint density at radius 2 is 2.04 bits per heavy atom. The van der Waals surface area contributed by atoms with Crippen LogP contribution in [0, 0.1) is 6.92 Å². The van der Waals surface area contributed by atoms with E-state index in [1.54, 1.807) is 9.58 Å². The molecule has 1 aromatic carbocycles. The highest BCUT2D eigenvalue weighted by atomic mass is 16.5. The molecule has 0 saturated carbocycles. The second-order valence-corrected chi connectivity index (χ2v) is 5.85. The maximum atomic E-state index is 12.5. The van der Waals surface area contributed by atoms with Crippen molar-refractivity contribution in [1.29, 1.82) is 0 Å². The van der Waals surface area contributed by atoms with Crippen LogP contribution in [-0.4, -0.2) is 56.4 Å². The van der Waals surface area contributed by atoms with Gasteiger partial charge in [0.05, 0.1) is 17.9 Å². The fourth-order valence-corrected chi connectivity index (χ4v) is 2.70. The maximum absolute atomic E-state index is 12.5. The first-order valence-electron chi connectivity index (χ1n) is 7.58. The van der Waals surface area contributed by atoms with Gasteiger partial charge in [-0.3, -0.25) is 0 Å². The van der Waals surface area contributed by atoms with E-state index in [9.17, 15) is 4.79 Å². The van der Waals surface area contributed by atoms with Gasteiger partial charge in [0.25, 0.3) is 0 Å². The summed E-state index contributed by atoms with van der Waals surface area (Å²) in [4.78, 5) is 14.3. The van der Waals surface area contributed by atoms with Gasteiger partial charge in [0.1, 0.15) is 6.33 Å². The summed E-state index contributed by atoms with van der Waals surface area (Å²) < 4.78 is 7.21. The number of benzene rings is 1. The number of rotatable bonds is 2. The minimum atomic E-state index is -0.121. The highest BCUT2D eigenvalue weighted by Gasteiger charge is 2.26. The minimum Gasteiger partial charge on any atom is -0.372 e. The Bertz CT molecular complexity index is 677. The molecule has 1 fully saturated rings. The van der Waals surface area contributed by atoms with Crippen molar-refractivity contribution < 1.29 is 9.53 Å². The van der Waals surface area contributed by atoms with Gasteiger partial charge in [-0.15, -0.1) is 5.10 Å². The van der Waals surface area contributed by atoms with Gasteiger partial charge in [-0.1, -0.05) is 6.07 Å². The molecule has 8 nitrogen and oxygen atoms in total. The molecule has 3 rings (SSSR count). The van der Waals surface area contributed by atoms with Gasteiger partial charge < -0.3 is 15.0 Å². The molecule has 0 radical (unpaired) electrons. The summed E-state index contributed by atoms with van der Waals surface area (Å²) in [6.45, 7) is 7.06. The normalized spacial score (nSPS) is 21.3. The lowest BCUT2D eigenvalue weighted by atomic mass is 10.2. The number of aromatic nitrogens is 4. The molecular weight excluding hydrogens is 296 g/mol. The predicted molar refractivity (Wildman–Crippen MR) is 84.5 cm³/mol. The topological polar surface area (TPSA) is 85.2 Å². The van der Waals surface area contributed by atoms with Crippen LogP contribution in [0.1, 0.15) is 19.4 Å². The molecule has 0 aliphatic carbocycles. The number of urea groups is 1. The van der Waals surface area contributed by atoms with E-state index in [1.165, 1.54) is 6.33 Å². The number of hydrogen-bond donors (Lipinski definition) is 1. The number of anilines is 1. The lowest BCUT2D eigenvalue weighted by Crippen LogP contribution is -2.49. The van der Waals surface area contributed by atoms with Gasteiger partial charge in [-0.25, -0.2) is 9.48 Å². The Hall–Kier alpha value is -2.48. The van der Waals surface area contributed by atoms with Crippen molar-refractivity contribution in [2.75, 3.05) is 18.4 Å². The van der Waals surface area contributed by atoms with Crippen LogP contribution in [-0.2, 0) is 4.74 Å². The van der Waals surface area contributed by atoms with Crippen LogP contribution in [0.2, 0.25) is 0 Å². The number of ether oxygens (including phenoxy) is 1. The van der Waals surface area contributed by atoms with Crippen molar-refractivity contribution in [3.63, 3.8) is 0 Å². The highest BCUT2D eigenvalue weighted by Crippen LogP contribution is 2.20. The van der Waals surface area contributed by atoms with E-state index >= 15 is 0 Å². The van der Waals surface area contributed by atoms with Crippen LogP contribution in [0.4, 0.5) is 10.5 Å². The molecule has 0 spiro atoms. The molecule has 1 N–H and O–H groups in total. The standard InChI is InChI=1S/C15H20N6O2/c1-10-4-5-13(21-9-16-18-19-21)6-14(10)17-15(22)20-7-11(2)23-12(3)8-20/h4-6,9,11-12H,7-8H2,1-3H3,(H,17,22)/t11-,12-/m1/s1. The fraction of sp³-hybridized carbons (Fsp3) is 0.467. The number of carbonyl (C=O) groups is 1. The molecule has 2 atom stereocenters. The summed E-state index contributed by atoms with van der Waals surface area (Å²) in [6, 6.07) is 5.57. The third kappa shape index (κ3) is 3.48. The zero-order chi connectivity index (χ0) is 16.4. The molecule has 0 unspecified atom stereocenters. The minimum absolute atomic E-state index is 0.0400. The van der Waals surface area contributed by atoms with Crippen molar-refractivity contribution in [1.82, 2.24) is 25.1 Å². The first-order valence-corrected chi connectivity index (χ1v) is 7.58. The number of aryl methyl sites for hydroxylation is 1. The van der Waals surface area contributed by atoms with E-state index in [0.717, 1.165) is 16.9 Å². The monoisotopic (exact) mass is 316 g/mol. The van der Waals surface area contributed by atoms with E-state index in [2.05, 4.69) is 20.8 Å². The van der Waals surface area contributed by atoms with Gasteiger partial charge in [0, 0.05) is 18.8 Å². The molecule has 0 bridgehead atoms. The molecule has 1 aliphatic heterocycles.